The maximum atomic E-state index is 12.7. The molecule has 1 aromatic rings. The molecule has 8 heteroatoms. The van der Waals surface area contributed by atoms with Gasteiger partial charge in [-0.05, 0) is 19.1 Å². The highest BCUT2D eigenvalue weighted by molar-refractivity contribution is 5.98. The van der Waals surface area contributed by atoms with Crippen molar-refractivity contribution in [3.05, 3.63) is 23.4 Å². The Labute approximate surface area is 106 Å². The van der Waals surface area contributed by atoms with Crippen LogP contribution >= 0.6 is 0 Å². The molecule has 2 unspecified atom stereocenters. The average molecular weight is 276 g/mol. The van der Waals surface area contributed by atoms with Crippen LogP contribution in [0.1, 0.15) is 11.3 Å². The van der Waals surface area contributed by atoms with Gasteiger partial charge >= 0.3 is 6.18 Å². The van der Waals surface area contributed by atoms with Gasteiger partial charge in [0.15, 0.2) is 6.10 Å². The number of rotatable bonds is 1. The minimum Gasteiger partial charge on any atom is -0.388 e. The van der Waals surface area contributed by atoms with E-state index >= 15 is 0 Å². The lowest BCUT2D eigenvalue weighted by Gasteiger charge is -2.17. The van der Waals surface area contributed by atoms with E-state index in [2.05, 4.69) is 4.98 Å². The first-order valence-corrected chi connectivity index (χ1v) is 5.43. The zero-order chi connectivity index (χ0) is 14.4. The Bertz CT molecular complexity index is 518. The number of aliphatic hydroxyl groups is 2. The van der Waals surface area contributed by atoms with Crippen molar-refractivity contribution in [2.24, 2.45) is 0 Å². The van der Waals surface area contributed by atoms with Gasteiger partial charge in [0.05, 0.1) is 12.1 Å². The normalized spacial score (nSPS) is 24.1. The predicted octanol–water partition coefficient (Wildman–Crippen LogP) is 0.477. The quantitative estimate of drug-likeness (QED) is 0.782. The van der Waals surface area contributed by atoms with Crippen LogP contribution < -0.4 is 4.90 Å². The molecule has 0 aromatic carbocycles. The molecule has 1 aliphatic heterocycles. The Hall–Kier alpha value is -1.67. The highest BCUT2D eigenvalue weighted by Gasteiger charge is 2.40. The van der Waals surface area contributed by atoms with Gasteiger partial charge in [-0.2, -0.15) is 13.2 Å². The third kappa shape index (κ3) is 2.54. The fourth-order valence-electron chi connectivity index (χ4n) is 1.86. The number of hydrogen-bond acceptors (Lipinski definition) is 4. The molecule has 0 aliphatic carbocycles. The summed E-state index contributed by atoms with van der Waals surface area (Å²) in [5.74, 6) is -1.09. The molecule has 2 rings (SSSR count). The van der Waals surface area contributed by atoms with Gasteiger partial charge < -0.3 is 10.2 Å². The van der Waals surface area contributed by atoms with Crippen LogP contribution in [0.2, 0.25) is 0 Å². The van der Waals surface area contributed by atoms with Crippen molar-refractivity contribution < 1.29 is 28.2 Å². The van der Waals surface area contributed by atoms with Crippen molar-refractivity contribution in [1.29, 1.82) is 0 Å². The number of aliphatic hydroxyl groups excluding tert-OH is 2. The topological polar surface area (TPSA) is 73.7 Å². The molecule has 2 heterocycles. The van der Waals surface area contributed by atoms with Crippen LogP contribution in [0, 0.1) is 6.92 Å². The maximum Gasteiger partial charge on any atom is 0.416 e. The Morgan fingerprint density at radius 2 is 2.00 bits per heavy atom. The summed E-state index contributed by atoms with van der Waals surface area (Å²) in [6, 6.07) is 1.58. The molecule has 0 saturated carbocycles. The summed E-state index contributed by atoms with van der Waals surface area (Å²) in [6.07, 6.45) is -7.51. The molecular formula is C11H11F3N2O3. The van der Waals surface area contributed by atoms with E-state index in [4.69, 9.17) is 0 Å². The number of alkyl halides is 3. The van der Waals surface area contributed by atoms with E-state index in [0.29, 0.717) is 0 Å². The number of anilines is 1. The largest absolute Gasteiger partial charge is 0.416 e. The first kappa shape index (κ1) is 13.8. The SMILES string of the molecule is Cc1cc(C(F)(F)F)cc(N2CC(O)C(O)C2=O)n1. The molecule has 0 radical (unpaired) electrons. The maximum absolute atomic E-state index is 12.7. The fourth-order valence-corrected chi connectivity index (χ4v) is 1.86. The number of aromatic nitrogens is 1. The van der Waals surface area contributed by atoms with Crippen LogP contribution in [0.5, 0.6) is 0 Å². The molecule has 1 saturated heterocycles. The molecular weight excluding hydrogens is 265 g/mol. The highest BCUT2D eigenvalue weighted by Crippen LogP contribution is 2.32. The number of β-amino-alcohol motifs (C(OH)–C–C–N with tert-alkyl or cyclic N) is 1. The number of pyridine rings is 1. The molecule has 104 valence electrons. The summed E-state index contributed by atoms with van der Waals surface area (Å²) < 4.78 is 38.0. The van der Waals surface area contributed by atoms with Crippen LogP contribution in [0.25, 0.3) is 0 Å². The predicted molar refractivity (Wildman–Crippen MR) is 58.3 cm³/mol. The van der Waals surface area contributed by atoms with Gasteiger partial charge in [-0.3, -0.25) is 9.69 Å². The molecule has 0 spiro atoms. The fraction of sp³-hybridized carbons (Fsp3) is 0.455. The van der Waals surface area contributed by atoms with Crippen molar-refractivity contribution in [2.75, 3.05) is 11.4 Å². The number of amides is 1. The zero-order valence-electron chi connectivity index (χ0n) is 9.85. The van der Waals surface area contributed by atoms with E-state index in [-0.39, 0.29) is 18.1 Å². The Morgan fingerprint density at radius 3 is 2.47 bits per heavy atom. The standard InChI is InChI=1S/C11H11F3N2O3/c1-5-2-6(11(12,13)14)3-8(15-5)16-4-7(17)9(18)10(16)19/h2-3,7,9,17-18H,4H2,1H3. The van der Waals surface area contributed by atoms with Gasteiger partial charge in [-0.25, -0.2) is 4.98 Å². The van der Waals surface area contributed by atoms with Crippen molar-refractivity contribution in [3.63, 3.8) is 0 Å². The van der Waals surface area contributed by atoms with Crippen LogP contribution in [-0.4, -0.2) is 39.9 Å². The lowest BCUT2D eigenvalue weighted by Crippen LogP contribution is -2.30. The van der Waals surface area contributed by atoms with E-state index < -0.39 is 29.9 Å². The number of hydrogen-bond donors (Lipinski definition) is 2. The second-order valence-corrected chi connectivity index (χ2v) is 4.31. The van der Waals surface area contributed by atoms with Crippen molar-refractivity contribution >= 4 is 11.7 Å². The number of halogens is 3. The summed E-state index contributed by atoms with van der Waals surface area (Å²) >= 11 is 0. The zero-order valence-corrected chi connectivity index (χ0v) is 9.85. The Kier molecular flexibility index (Phi) is 3.23. The second-order valence-electron chi connectivity index (χ2n) is 4.31. The summed E-state index contributed by atoms with van der Waals surface area (Å²) in [5.41, 5.74) is -0.841. The molecule has 0 bridgehead atoms. The highest BCUT2D eigenvalue weighted by atomic mass is 19.4. The van der Waals surface area contributed by atoms with Gasteiger partial charge in [0.1, 0.15) is 11.9 Å². The summed E-state index contributed by atoms with van der Waals surface area (Å²) in [5, 5.41) is 18.6. The van der Waals surface area contributed by atoms with Gasteiger partial charge in [-0.15, -0.1) is 0 Å². The van der Waals surface area contributed by atoms with Crippen molar-refractivity contribution in [3.8, 4) is 0 Å². The van der Waals surface area contributed by atoms with E-state index in [1.807, 2.05) is 0 Å². The molecule has 1 fully saturated rings. The van der Waals surface area contributed by atoms with Crippen LogP contribution in [-0.2, 0) is 11.0 Å². The monoisotopic (exact) mass is 276 g/mol. The minimum absolute atomic E-state index is 0.0912. The van der Waals surface area contributed by atoms with Crippen LogP contribution in [0.3, 0.4) is 0 Å². The molecule has 1 aliphatic rings. The first-order valence-electron chi connectivity index (χ1n) is 5.43. The molecule has 1 amide bonds. The number of aryl methyl sites for hydroxylation is 1. The summed E-state index contributed by atoms with van der Waals surface area (Å²) in [7, 11) is 0. The summed E-state index contributed by atoms with van der Waals surface area (Å²) in [6.45, 7) is 1.08. The van der Waals surface area contributed by atoms with Gasteiger partial charge in [0.2, 0.25) is 0 Å². The second kappa shape index (κ2) is 4.46. The molecule has 5 nitrogen and oxygen atoms in total. The number of carbonyl (C=O) groups is 1. The third-order valence-corrected chi connectivity index (χ3v) is 2.80. The number of nitrogens with zero attached hydrogens (tertiary/aromatic N) is 2. The van der Waals surface area contributed by atoms with E-state index in [1.165, 1.54) is 6.92 Å². The van der Waals surface area contributed by atoms with E-state index in [9.17, 15) is 28.2 Å². The van der Waals surface area contributed by atoms with Crippen molar-refractivity contribution in [2.45, 2.75) is 25.3 Å². The molecule has 1 aromatic heterocycles. The smallest absolute Gasteiger partial charge is 0.388 e. The van der Waals surface area contributed by atoms with Crippen LogP contribution in [0.15, 0.2) is 12.1 Å². The summed E-state index contributed by atoms with van der Waals surface area (Å²) in [4.78, 5) is 16.3. The molecule has 19 heavy (non-hydrogen) atoms. The van der Waals surface area contributed by atoms with Gasteiger partial charge in [0.25, 0.3) is 5.91 Å². The van der Waals surface area contributed by atoms with Crippen LogP contribution in [0.4, 0.5) is 19.0 Å². The third-order valence-electron chi connectivity index (χ3n) is 2.80. The Morgan fingerprint density at radius 1 is 1.37 bits per heavy atom. The first-order chi connectivity index (χ1) is 8.70. The number of carbonyl (C=O) groups excluding carboxylic acids is 1. The van der Waals surface area contributed by atoms with E-state index in [0.717, 1.165) is 17.0 Å². The molecule has 2 atom stereocenters. The van der Waals surface area contributed by atoms with Gasteiger partial charge in [0, 0.05) is 5.69 Å². The minimum atomic E-state index is -4.55. The lowest BCUT2D eigenvalue weighted by atomic mass is 10.2. The van der Waals surface area contributed by atoms with Gasteiger partial charge in [-0.1, -0.05) is 0 Å². The molecule has 2 N–H and O–H groups in total. The average Bonchev–Trinajstić information content (AvgIpc) is 2.55. The Balaban J connectivity index is 2.41. The van der Waals surface area contributed by atoms with Crippen molar-refractivity contribution in [1.82, 2.24) is 4.98 Å². The lowest BCUT2D eigenvalue weighted by molar-refractivity contribution is -0.137. The van der Waals surface area contributed by atoms with E-state index in [1.54, 1.807) is 0 Å².